The first-order valence-electron chi connectivity index (χ1n) is 6.16. The largest absolute Gasteiger partial charge is 0.280 e. The third-order valence-corrected chi connectivity index (χ3v) is 5.43. The van der Waals surface area contributed by atoms with Gasteiger partial charge in [-0.05, 0) is 50.1 Å². The second kappa shape index (κ2) is 5.58. The van der Waals surface area contributed by atoms with Crippen molar-refractivity contribution in [3.63, 3.8) is 0 Å². The summed E-state index contributed by atoms with van der Waals surface area (Å²) in [4.78, 5) is 0.288. The SMILES string of the molecule is Cc1ccc(NS(=O)(=O)c2cc(Br)c(C)cc2C)cc1. The monoisotopic (exact) mass is 353 g/mol. The van der Waals surface area contributed by atoms with E-state index in [4.69, 9.17) is 0 Å². The Morgan fingerprint density at radius 2 is 1.55 bits per heavy atom. The van der Waals surface area contributed by atoms with Gasteiger partial charge >= 0.3 is 0 Å². The summed E-state index contributed by atoms with van der Waals surface area (Å²) in [6, 6.07) is 10.7. The normalized spacial score (nSPS) is 11.4. The zero-order valence-electron chi connectivity index (χ0n) is 11.6. The zero-order valence-corrected chi connectivity index (χ0v) is 14.0. The minimum atomic E-state index is -3.58. The molecule has 3 nitrogen and oxygen atoms in total. The summed E-state index contributed by atoms with van der Waals surface area (Å²) in [6.07, 6.45) is 0. The molecule has 106 valence electrons. The van der Waals surface area contributed by atoms with Crippen LogP contribution in [0.5, 0.6) is 0 Å². The second-order valence-electron chi connectivity index (χ2n) is 4.84. The predicted octanol–water partition coefficient (Wildman–Crippen LogP) is 4.18. The topological polar surface area (TPSA) is 46.2 Å². The molecule has 0 amide bonds. The van der Waals surface area contributed by atoms with Crippen molar-refractivity contribution in [2.24, 2.45) is 0 Å². The molecule has 0 saturated carbocycles. The Labute approximate surface area is 128 Å². The molecule has 0 bridgehead atoms. The highest BCUT2D eigenvalue weighted by molar-refractivity contribution is 9.10. The summed E-state index contributed by atoms with van der Waals surface area (Å²) in [5.74, 6) is 0. The van der Waals surface area contributed by atoms with Crippen LogP contribution in [0.3, 0.4) is 0 Å². The number of halogens is 1. The van der Waals surface area contributed by atoms with Crippen LogP contribution < -0.4 is 4.72 Å². The summed E-state index contributed by atoms with van der Waals surface area (Å²) in [5.41, 5.74) is 3.39. The van der Waals surface area contributed by atoms with Gasteiger partial charge in [0.1, 0.15) is 0 Å². The van der Waals surface area contributed by atoms with Crippen LogP contribution in [0.1, 0.15) is 16.7 Å². The van der Waals surface area contributed by atoms with Crippen LogP contribution in [-0.4, -0.2) is 8.42 Å². The molecule has 0 spiro atoms. The average Bonchev–Trinajstić information content (AvgIpc) is 2.36. The molecule has 2 aromatic rings. The highest BCUT2D eigenvalue weighted by atomic mass is 79.9. The van der Waals surface area contributed by atoms with E-state index in [-0.39, 0.29) is 4.90 Å². The fraction of sp³-hybridized carbons (Fsp3) is 0.200. The third kappa shape index (κ3) is 3.22. The number of hydrogen-bond donors (Lipinski definition) is 1. The molecule has 0 fully saturated rings. The quantitative estimate of drug-likeness (QED) is 0.899. The van der Waals surface area contributed by atoms with Gasteiger partial charge < -0.3 is 0 Å². The van der Waals surface area contributed by atoms with Crippen molar-refractivity contribution in [2.75, 3.05) is 4.72 Å². The first-order chi connectivity index (χ1) is 9.29. The Morgan fingerprint density at radius 1 is 0.950 bits per heavy atom. The highest BCUT2D eigenvalue weighted by Gasteiger charge is 2.18. The van der Waals surface area contributed by atoms with E-state index in [1.54, 1.807) is 25.1 Å². The molecular formula is C15H16BrNO2S. The lowest BCUT2D eigenvalue weighted by Gasteiger charge is -2.12. The molecule has 0 aliphatic rings. The molecule has 0 atom stereocenters. The van der Waals surface area contributed by atoms with Crippen LogP contribution in [-0.2, 0) is 10.0 Å². The molecule has 0 unspecified atom stereocenters. The summed E-state index contributed by atoms with van der Waals surface area (Å²) < 4.78 is 28.3. The van der Waals surface area contributed by atoms with Gasteiger partial charge in [0, 0.05) is 10.2 Å². The van der Waals surface area contributed by atoms with E-state index in [1.807, 2.05) is 32.0 Å². The van der Waals surface area contributed by atoms with E-state index in [1.165, 1.54) is 0 Å². The molecule has 1 N–H and O–H groups in total. The minimum absolute atomic E-state index is 0.288. The molecule has 20 heavy (non-hydrogen) atoms. The average molecular weight is 354 g/mol. The minimum Gasteiger partial charge on any atom is -0.280 e. The fourth-order valence-corrected chi connectivity index (χ4v) is 3.74. The van der Waals surface area contributed by atoms with Crippen molar-refractivity contribution in [1.29, 1.82) is 0 Å². The van der Waals surface area contributed by atoms with Crippen LogP contribution >= 0.6 is 15.9 Å². The molecule has 0 radical (unpaired) electrons. The number of benzene rings is 2. The molecule has 0 aromatic heterocycles. The maximum Gasteiger partial charge on any atom is 0.262 e. The van der Waals surface area contributed by atoms with Gasteiger partial charge in [0.15, 0.2) is 0 Å². The summed E-state index contributed by atoms with van der Waals surface area (Å²) in [7, 11) is -3.58. The van der Waals surface area contributed by atoms with Gasteiger partial charge in [0.2, 0.25) is 0 Å². The van der Waals surface area contributed by atoms with Crippen LogP contribution in [0.15, 0.2) is 45.8 Å². The van der Waals surface area contributed by atoms with Crippen molar-refractivity contribution >= 4 is 31.6 Å². The third-order valence-electron chi connectivity index (χ3n) is 3.05. The number of nitrogens with one attached hydrogen (secondary N) is 1. The number of anilines is 1. The Kier molecular flexibility index (Phi) is 4.20. The van der Waals surface area contributed by atoms with E-state index in [0.717, 1.165) is 21.2 Å². The summed E-state index contributed by atoms with van der Waals surface area (Å²) in [5, 5.41) is 0. The Hall–Kier alpha value is -1.33. The van der Waals surface area contributed by atoms with Crippen LogP contribution in [0.4, 0.5) is 5.69 Å². The standard InChI is InChI=1S/C15H16BrNO2S/c1-10-4-6-13(7-5-10)17-20(18,19)15-9-14(16)11(2)8-12(15)3/h4-9,17H,1-3H3. The highest BCUT2D eigenvalue weighted by Crippen LogP contribution is 2.26. The van der Waals surface area contributed by atoms with Gasteiger partial charge in [-0.25, -0.2) is 8.42 Å². The van der Waals surface area contributed by atoms with Gasteiger partial charge in [0.25, 0.3) is 10.0 Å². The maximum absolute atomic E-state index is 12.4. The van der Waals surface area contributed by atoms with Crippen molar-refractivity contribution in [3.8, 4) is 0 Å². The molecule has 5 heteroatoms. The molecule has 0 heterocycles. The molecule has 0 aliphatic heterocycles. The Bertz CT molecular complexity index is 737. The lowest BCUT2D eigenvalue weighted by atomic mass is 10.2. The lowest BCUT2D eigenvalue weighted by molar-refractivity contribution is 0.600. The number of hydrogen-bond acceptors (Lipinski definition) is 2. The summed E-state index contributed by atoms with van der Waals surface area (Å²) >= 11 is 3.38. The molecule has 0 saturated heterocycles. The van der Waals surface area contributed by atoms with Crippen LogP contribution in [0.25, 0.3) is 0 Å². The van der Waals surface area contributed by atoms with Crippen LogP contribution in [0, 0.1) is 20.8 Å². The van der Waals surface area contributed by atoms with E-state index >= 15 is 0 Å². The number of rotatable bonds is 3. The van der Waals surface area contributed by atoms with Gasteiger partial charge in [-0.15, -0.1) is 0 Å². The van der Waals surface area contributed by atoms with Gasteiger partial charge in [-0.3, -0.25) is 4.72 Å². The van der Waals surface area contributed by atoms with Crippen molar-refractivity contribution < 1.29 is 8.42 Å². The number of sulfonamides is 1. The number of aryl methyl sites for hydroxylation is 3. The molecule has 2 rings (SSSR count). The van der Waals surface area contributed by atoms with Gasteiger partial charge in [-0.1, -0.05) is 39.7 Å². The zero-order chi connectivity index (χ0) is 14.9. The Balaban J connectivity index is 2.40. The van der Waals surface area contributed by atoms with E-state index < -0.39 is 10.0 Å². The lowest BCUT2D eigenvalue weighted by Crippen LogP contribution is -2.14. The van der Waals surface area contributed by atoms with Crippen molar-refractivity contribution in [3.05, 3.63) is 57.6 Å². The fourth-order valence-electron chi connectivity index (χ4n) is 1.93. The first-order valence-corrected chi connectivity index (χ1v) is 8.43. The summed E-state index contributed by atoms with van der Waals surface area (Å²) in [6.45, 7) is 5.68. The van der Waals surface area contributed by atoms with E-state index in [2.05, 4.69) is 20.7 Å². The Morgan fingerprint density at radius 3 is 2.15 bits per heavy atom. The van der Waals surface area contributed by atoms with Crippen LogP contribution in [0.2, 0.25) is 0 Å². The molecule has 0 aliphatic carbocycles. The molecule has 2 aromatic carbocycles. The van der Waals surface area contributed by atoms with E-state index in [9.17, 15) is 8.42 Å². The van der Waals surface area contributed by atoms with Crippen molar-refractivity contribution in [2.45, 2.75) is 25.7 Å². The second-order valence-corrected chi connectivity index (χ2v) is 7.34. The van der Waals surface area contributed by atoms with Gasteiger partial charge in [-0.2, -0.15) is 0 Å². The maximum atomic E-state index is 12.4. The smallest absolute Gasteiger partial charge is 0.262 e. The molecular weight excluding hydrogens is 338 g/mol. The van der Waals surface area contributed by atoms with E-state index in [0.29, 0.717) is 5.69 Å². The van der Waals surface area contributed by atoms with Crippen molar-refractivity contribution in [1.82, 2.24) is 0 Å². The predicted molar refractivity (Wildman–Crippen MR) is 85.6 cm³/mol. The van der Waals surface area contributed by atoms with Gasteiger partial charge in [0.05, 0.1) is 4.90 Å². The first kappa shape index (κ1) is 15.1.